The molecule has 1 unspecified atom stereocenters. The highest BCUT2D eigenvalue weighted by Gasteiger charge is 2.08. The minimum absolute atomic E-state index is 0.269. The van der Waals surface area contributed by atoms with E-state index in [-0.39, 0.29) is 6.42 Å². The van der Waals surface area contributed by atoms with E-state index < -0.39 is 17.3 Å². The predicted molar refractivity (Wildman–Crippen MR) is 58.2 cm³/mol. The number of carboxylic acids is 2. The molecule has 0 spiro atoms. The fourth-order valence-corrected chi connectivity index (χ4v) is 0.673. The molecule has 0 aliphatic carbocycles. The Balaban J connectivity index is 0. The molecule has 4 nitrogen and oxygen atoms in total. The normalized spacial score (nSPS) is 11.1. The van der Waals surface area contributed by atoms with Crippen molar-refractivity contribution in [2.75, 3.05) is 5.33 Å². The van der Waals surface area contributed by atoms with Crippen LogP contribution < -0.4 is 0 Å². The highest BCUT2D eigenvalue weighted by Crippen LogP contribution is 1.98. The molecule has 0 aromatic rings. The van der Waals surface area contributed by atoms with Gasteiger partial charge in [0.2, 0.25) is 0 Å². The van der Waals surface area contributed by atoms with E-state index in [0.717, 1.165) is 11.8 Å². The van der Waals surface area contributed by atoms with E-state index in [1.807, 2.05) is 0 Å². The lowest BCUT2D eigenvalue weighted by atomic mass is 10.3. The second-order valence-electron chi connectivity index (χ2n) is 2.40. The van der Waals surface area contributed by atoms with E-state index in [4.69, 9.17) is 21.8 Å². The largest absolute Gasteiger partial charge is 0.481 e. The average molecular weight is 290 g/mol. The third kappa shape index (κ3) is 14.2. The molecule has 2 N–H and O–H groups in total. The van der Waals surface area contributed by atoms with E-state index >= 15 is 0 Å². The van der Waals surface area contributed by atoms with Crippen LogP contribution in [0.1, 0.15) is 26.2 Å². The van der Waals surface area contributed by atoms with Gasteiger partial charge in [-0.05, 0) is 12.8 Å². The zero-order valence-corrected chi connectivity index (χ0v) is 10.2. The van der Waals surface area contributed by atoms with Gasteiger partial charge in [-0.3, -0.25) is 9.59 Å². The van der Waals surface area contributed by atoms with E-state index in [0.29, 0.717) is 6.42 Å². The second kappa shape index (κ2) is 10.8. The monoisotopic (exact) mass is 288 g/mol. The molecule has 0 aliphatic heterocycles. The number of rotatable bonds is 5. The Bertz CT molecular complexity index is 175. The van der Waals surface area contributed by atoms with Gasteiger partial charge in [-0.15, -0.1) is 11.6 Å². The van der Waals surface area contributed by atoms with Crippen molar-refractivity contribution in [2.45, 2.75) is 31.6 Å². The third-order valence-electron chi connectivity index (χ3n) is 1.15. The Morgan fingerprint density at radius 2 is 1.93 bits per heavy atom. The third-order valence-corrected chi connectivity index (χ3v) is 2.21. The fraction of sp³-hybridized carbons (Fsp3) is 0.750. The lowest BCUT2D eigenvalue weighted by molar-refractivity contribution is -0.137. The molecule has 0 saturated heterocycles. The molecule has 0 aromatic carbocycles. The van der Waals surface area contributed by atoms with Gasteiger partial charge < -0.3 is 10.2 Å². The van der Waals surface area contributed by atoms with Crippen molar-refractivity contribution in [3.05, 3.63) is 0 Å². The zero-order chi connectivity index (χ0) is 11.6. The van der Waals surface area contributed by atoms with Crippen LogP contribution in [0.2, 0.25) is 0 Å². The maximum atomic E-state index is 9.80. The Kier molecular flexibility index (Phi) is 12.4. The first-order valence-electron chi connectivity index (χ1n) is 4.10. The smallest absolute Gasteiger partial charge is 0.321 e. The molecule has 0 bridgehead atoms. The van der Waals surface area contributed by atoms with Gasteiger partial charge >= 0.3 is 11.9 Å². The number of hydrogen-bond acceptors (Lipinski definition) is 2. The van der Waals surface area contributed by atoms with E-state index in [9.17, 15) is 9.59 Å². The summed E-state index contributed by atoms with van der Waals surface area (Å²) in [5.74, 6) is -1.66. The van der Waals surface area contributed by atoms with Crippen LogP contribution in [-0.4, -0.2) is 32.9 Å². The first kappa shape index (κ1) is 16.2. The molecule has 84 valence electrons. The maximum absolute atomic E-state index is 9.80. The van der Waals surface area contributed by atoms with Gasteiger partial charge in [0.25, 0.3) is 0 Å². The number of alkyl halides is 2. The minimum atomic E-state index is -0.941. The molecule has 0 rings (SSSR count). The molecule has 0 saturated carbocycles. The summed E-state index contributed by atoms with van der Waals surface area (Å²) in [7, 11) is 0. The second-order valence-corrected chi connectivity index (χ2v) is 3.72. The van der Waals surface area contributed by atoms with Crippen molar-refractivity contribution in [2.24, 2.45) is 0 Å². The van der Waals surface area contributed by atoms with E-state index in [2.05, 4.69) is 15.9 Å². The summed E-state index contributed by atoms with van der Waals surface area (Å²) in [6, 6.07) is 0. The first-order valence-corrected chi connectivity index (χ1v) is 5.66. The maximum Gasteiger partial charge on any atom is 0.321 e. The Hall–Kier alpha value is -0.290. The highest BCUT2D eigenvalue weighted by atomic mass is 79.9. The first-order chi connectivity index (χ1) is 6.45. The van der Waals surface area contributed by atoms with Crippen molar-refractivity contribution < 1.29 is 19.8 Å². The quantitative estimate of drug-likeness (QED) is 0.762. The van der Waals surface area contributed by atoms with Gasteiger partial charge in [0.05, 0.1) is 0 Å². The molecule has 1 atom stereocenters. The van der Waals surface area contributed by atoms with Crippen LogP contribution in [0, 0.1) is 0 Å². The van der Waals surface area contributed by atoms with Gasteiger partial charge in [0.15, 0.2) is 0 Å². The predicted octanol–water partition coefficient (Wildman–Crippen LogP) is 2.33. The summed E-state index contributed by atoms with van der Waals surface area (Å²) in [5.41, 5.74) is 0. The molecule has 0 aliphatic rings. The van der Waals surface area contributed by atoms with Crippen LogP contribution in [0.3, 0.4) is 0 Å². The SMILES string of the molecule is CCC(Cl)C(=O)O.O=C(O)CCCBr. The van der Waals surface area contributed by atoms with Crippen molar-refractivity contribution in [1.82, 2.24) is 0 Å². The van der Waals surface area contributed by atoms with Gasteiger partial charge in [0.1, 0.15) is 5.38 Å². The molecule has 0 fully saturated rings. The van der Waals surface area contributed by atoms with Crippen molar-refractivity contribution in [1.29, 1.82) is 0 Å². The number of carbonyl (C=O) groups is 2. The lowest BCUT2D eigenvalue weighted by Gasteiger charge is -1.93. The molecular formula is C8H14BrClO4. The zero-order valence-electron chi connectivity index (χ0n) is 7.87. The molecular weight excluding hydrogens is 275 g/mol. The Morgan fingerprint density at radius 1 is 1.43 bits per heavy atom. The minimum Gasteiger partial charge on any atom is -0.481 e. The highest BCUT2D eigenvalue weighted by molar-refractivity contribution is 9.09. The molecule has 6 heteroatoms. The van der Waals surface area contributed by atoms with Gasteiger partial charge in [-0.2, -0.15) is 0 Å². The van der Waals surface area contributed by atoms with Gasteiger partial charge in [-0.1, -0.05) is 22.9 Å². The molecule has 0 heterocycles. The number of hydrogen-bond donors (Lipinski definition) is 2. The van der Waals surface area contributed by atoms with Crippen molar-refractivity contribution >= 4 is 39.5 Å². The van der Waals surface area contributed by atoms with E-state index in [1.165, 1.54) is 0 Å². The van der Waals surface area contributed by atoms with Crippen LogP contribution in [0.25, 0.3) is 0 Å². The molecule has 14 heavy (non-hydrogen) atoms. The van der Waals surface area contributed by atoms with Crippen molar-refractivity contribution in [3.63, 3.8) is 0 Å². The summed E-state index contributed by atoms with van der Waals surface area (Å²) in [4.78, 5) is 19.5. The van der Waals surface area contributed by atoms with Crippen LogP contribution in [0.4, 0.5) is 0 Å². The summed E-state index contributed by atoms with van der Waals surface area (Å²) >= 11 is 8.32. The fourth-order valence-electron chi connectivity index (χ4n) is 0.393. The standard InChI is InChI=1S/C4H7BrO2.C4H7ClO2/c5-3-1-2-4(6)7;1-2-3(5)4(6)7/h1-3H2,(H,6,7);3H,2H2,1H3,(H,6,7). The average Bonchev–Trinajstić information content (AvgIpc) is 2.14. The summed E-state index contributed by atoms with van der Waals surface area (Å²) in [6.45, 7) is 1.73. The Morgan fingerprint density at radius 3 is 2.00 bits per heavy atom. The van der Waals surface area contributed by atoms with Crippen LogP contribution >= 0.6 is 27.5 Å². The van der Waals surface area contributed by atoms with Crippen LogP contribution in [0.5, 0.6) is 0 Å². The lowest BCUT2D eigenvalue weighted by Crippen LogP contribution is -2.10. The number of aliphatic carboxylic acids is 2. The summed E-state index contributed by atoms with van der Waals surface area (Å²) < 4.78 is 0. The van der Waals surface area contributed by atoms with Crippen LogP contribution in [-0.2, 0) is 9.59 Å². The molecule has 0 radical (unpaired) electrons. The van der Waals surface area contributed by atoms with E-state index in [1.54, 1.807) is 6.92 Å². The Labute approximate surface area is 96.4 Å². The van der Waals surface area contributed by atoms with Crippen molar-refractivity contribution in [3.8, 4) is 0 Å². The van der Waals surface area contributed by atoms with Gasteiger partial charge in [-0.25, -0.2) is 0 Å². The summed E-state index contributed by atoms with van der Waals surface area (Å²) in [5, 5.41) is 16.1. The molecule has 0 aromatic heterocycles. The summed E-state index contributed by atoms with van der Waals surface area (Å²) in [6.07, 6.45) is 1.47. The topological polar surface area (TPSA) is 74.6 Å². The number of halogens is 2. The van der Waals surface area contributed by atoms with Crippen LogP contribution in [0.15, 0.2) is 0 Å². The molecule has 0 amide bonds. The van der Waals surface area contributed by atoms with Gasteiger partial charge in [0, 0.05) is 11.8 Å². The number of carboxylic acid groups (broad SMARTS) is 2.